The Morgan fingerprint density at radius 3 is 2.60 bits per heavy atom. The Morgan fingerprint density at radius 2 is 1.90 bits per heavy atom. The van der Waals surface area contributed by atoms with E-state index in [-0.39, 0.29) is 0 Å². The largest absolute Gasteiger partial charge is 0.478 e. The van der Waals surface area contributed by atoms with Gasteiger partial charge < -0.3 is 10.0 Å². The molecular formula is C17H19NO2. The summed E-state index contributed by atoms with van der Waals surface area (Å²) in [5.41, 5.74) is 1.52. The predicted molar refractivity (Wildman–Crippen MR) is 83.2 cm³/mol. The van der Waals surface area contributed by atoms with Gasteiger partial charge >= 0.3 is 5.97 Å². The molecule has 0 amide bonds. The van der Waals surface area contributed by atoms with Crippen LogP contribution in [0.2, 0.25) is 0 Å². The van der Waals surface area contributed by atoms with E-state index < -0.39 is 5.97 Å². The van der Waals surface area contributed by atoms with E-state index in [1.807, 2.05) is 18.2 Å². The van der Waals surface area contributed by atoms with Gasteiger partial charge in [-0.25, -0.2) is 4.79 Å². The molecule has 2 rings (SSSR count). The van der Waals surface area contributed by atoms with Gasteiger partial charge in [-0.2, -0.15) is 0 Å². The van der Waals surface area contributed by atoms with Crippen molar-refractivity contribution in [2.24, 2.45) is 0 Å². The molecule has 1 N–H and O–H groups in total. The van der Waals surface area contributed by atoms with Gasteiger partial charge in [-0.3, -0.25) is 0 Å². The van der Waals surface area contributed by atoms with Gasteiger partial charge in [0, 0.05) is 29.7 Å². The van der Waals surface area contributed by atoms with Crippen molar-refractivity contribution in [1.29, 1.82) is 0 Å². The van der Waals surface area contributed by atoms with Crippen LogP contribution in [0.15, 0.2) is 54.1 Å². The molecule has 0 aliphatic heterocycles. The lowest BCUT2D eigenvalue weighted by atomic mass is 10.1. The monoisotopic (exact) mass is 269 g/mol. The second-order valence-corrected chi connectivity index (χ2v) is 4.73. The minimum Gasteiger partial charge on any atom is -0.478 e. The molecule has 2 aromatic rings. The third-order valence-electron chi connectivity index (χ3n) is 3.44. The maximum atomic E-state index is 10.9. The van der Waals surface area contributed by atoms with Crippen molar-refractivity contribution in [1.82, 2.24) is 0 Å². The second kappa shape index (κ2) is 6.24. The van der Waals surface area contributed by atoms with Crippen LogP contribution in [0.4, 0.5) is 5.69 Å². The van der Waals surface area contributed by atoms with Crippen LogP contribution in [0.3, 0.4) is 0 Å². The zero-order valence-corrected chi connectivity index (χ0v) is 11.8. The molecule has 0 aliphatic carbocycles. The average Bonchev–Trinajstić information content (AvgIpc) is 2.47. The molecule has 0 unspecified atom stereocenters. The topological polar surface area (TPSA) is 40.5 Å². The molecule has 0 saturated heterocycles. The Labute approximate surface area is 119 Å². The molecule has 0 radical (unpaired) electrons. The van der Waals surface area contributed by atoms with Crippen LogP contribution in [0.25, 0.3) is 10.8 Å². The number of anilines is 1. The summed E-state index contributed by atoms with van der Waals surface area (Å²) in [6.45, 7) is 5.13. The summed E-state index contributed by atoms with van der Waals surface area (Å²) in [4.78, 5) is 13.0. The van der Waals surface area contributed by atoms with Crippen LogP contribution < -0.4 is 4.90 Å². The molecule has 0 heterocycles. The fourth-order valence-electron chi connectivity index (χ4n) is 2.22. The molecular weight excluding hydrogens is 250 g/mol. The molecule has 0 aliphatic rings. The smallest absolute Gasteiger partial charge is 0.331 e. The van der Waals surface area contributed by atoms with Crippen LogP contribution >= 0.6 is 0 Å². The van der Waals surface area contributed by atoms with E-state index in [2.05, 4.69) is 36.1 Å². The van der Waals surface area contributed by atoms with Gasteiger partial charge in [-0.1, -0.05) is 42.5 Å². The van der Waals surface area contributed by atoms with Crippen LogP contribution in [0.5, 0.6) is 0 Å². The van der Waals surface area contributed by atoms with E-state index in [4.69, 9.17) is 5.11 Å². The summed E-state index contributed by atoms with van der Waals surface area (Å²) in [5, 5.41) is 11.3. The van der Waals surface area contributed by atoms with Crippen molar-refractivity contribution >= 4 is 22.4 Å². The van der Waals surface area contributed by atoms with E-state index in [0.29, 0.717) is 12.1 Å². The lowest BCUT2D eigenvalue weighted by Gasteiger charge is -2.23. The third kappa shape index (κ3) is 2.99. The number of nitrogens with zero attached hydrogens (tertiary/aromatic N) is 1. The normalized spacial score (nSPS) is 11.6. The number of aliphatic carboxylic acids is 1. The van der Waals surface area contributed by atoms with Crippen molar-refractivity contribution < 1.29 is 9.90 Å². The molecule has 20 heavy (non-hydrogen) atoms. The number of hydrogen-bond donors (Lipinski definition) is 1. The summed E-state index contributed by atoms with van der Waals surface area (Å²) in [5.74, 6) is -0.862. The molecule has 104 valence electrons. The minimum atomic E-state index is -0.862. The van der Waals surface area contributed by atoms with Crippen LogP contribution in [0.1, 0.15) is 13.8 Å². The standard InChI is InChI=1S/C17H19NO2/c1-3-18(12-11-13(2)17(19)20)16-10-6-8-14-7-4-5-9-15(14)16/h4-11H,3,12H2,1-2H3,(H,19,20). The molecule has 3 nitrogen and oxygen atoms in total. The van der Waals surface area contributed by atoms with Crippen LogP contribution in [0, 0.1) is 0 Å². The van der Waals surface area contributed by atoms with Crippen molar-refractivity contribution in [3.8, 4) is 0 Å². The zero-order valence-electron chi connectivity index (χ0n) is 11.8. The number of hydrogen-bond acceptors (Lipinski definition) is 2. The maximum Gasteiger partial charge on any atom is 0.331 e. The van der Waals surface area contributed by atoms with Gasteiger partial charge in [0.15, 0.2) is 0 Å². The first kappa shape index (κ1) is 14.1. The first-order valence-corrected chi connectivity index (χ1v) is 6.76. The number of fused-ring (bicyclic) bond motifs is 1. The number of rotatable bonds is 5. The van der Waals surface area contributed by atoms with Crippen LogP contribution in [-0.2, 0) is 4.79 Å². The number of carboxylic acid groups (broad SMARTS) is 1. The summed E-state index contributed by atoms with van der Waals surface area (Å²) in [7, 11) is 0. The number of benzene rings is 2. The van der Waals surface area contributed by atoms with Crippen molar-refractivity contribution in [3.63, 3.8) is 0 Å². The SMILES string of the molecule is CCN(CC=C(C)C(=O)O)c1cccc2ccccc12. The molecule has 2 aromatic carbocycles. The summed E-state index contributed by atoms with van der Waals surface area (Å²) in [6.07, 6.45) is 1.76. The Morgan fingerprint density at radius 1 is 1.20 bits per heavy atom. The fraction of sp³-hybridized carbons (Fsp3) is 0.235. The van der Waals surface area contributed by atoms with Gasteiger partial charge in [0.2, 0.25) is 0 Å². The molecule has 0 spiro atoms. The van der Waals surface area contributed by atoms with E-state index >= 15 is 0 Å². The van der Waals surface area contributed by atoms with Gasteiger partial charge in [0.25, 0.3) is 0 Å². The minimum absolute atomic E-state index is 0.378. The van der Waals surface area contributed by atoms with E-state index in [1.165, 1.54) is 10.8 Å². The van der Waals surface area contributed by atoms with Gasteiger partial charge in [0.05, 0.1) is 0 Å². The van der Waals surface area contributed by atoms with Gasteiger partial charge in [-0.15, -0.1) is 0 Å². The Balaban J connectivity index is 2.35. The molecule has 0 saturated carbocycles. The highest BCUT2D eigenvalue weighted by molar-refractivity contribution is 5.94. The first-order valence-electron chi connectivity index (χ1n) is 6.76. The fourth-order valence-corrected chi connectivity index (χ4v) is 2.22. The highest BCUT2D eigenvalue weighted by atomic mass is 16.4. The Hall–Kier alpha value is -2.29. The quantitative estimate of drug-likeness (QED) is 0.841. The molecule has 0 bridgehead atoms. The maximum absolute atomic E-state index is 10.9. The summed E-state index contributed by atoms with van der Waals surface area (Å²) < 4.78 is 0. The predicted octanol–water partition coefficient (Wildman–Crippen LogP) is 3.70. The van der Waals surface area contributed by atoms with E-state index in [9.17, 15) is 4.79 Å². The Kier molecular flexibility index (Phi) is 4.41. The molecule has 3 heteroatoms. The third-order valence-corrected chi connectivity index (χ3v) is 3.44. The molecule has 0 fully saturated rings. The number of carbonyl (C=O) groups is 1. The zero-order chi connectivity index (χ0) is 14.5. The van der Waals surface area contributed by atoms with Crippen molar-refractivity contribution in [3.05, 3.63) is 54.1 Å². The summed E-state index contributed by atoms with van der Waals surface area (Å²) in [6, 6.07) is 14.4. The number of carboxylic acids is 1. The summed E-state index contributed by atoms with van der Waals surface area (Å²) >= 11 is 0. The van der Waals surface area contributed by atoms with E-state index in [0.717, 1.165) is 12.2 Å². The lowest BCUT2D eigenvalue weighted by molar-refractivity contribution is -0.132. The average molecular weight is 269 g/mol. The Bertz CT molecular complexity index is 641. The highest BCUT2D eigenvalue weighted by Crippen LogP contribution is 2.26. The van der Waals surface area contributed by atoms with Gasteiger partial charge in [-0.05, 0) is 25.3 Å². The molecule has 0 atom stereocenters. The lowest BCUT2D eigenvalue weighted by Crippen LogP contribution is -2.23. The molecule has 0 aromatic heterocycles. The highest BCUT2D eigenvalue weighted by Gasteiger charge is 2.08. The van der Waals surface area contributed by atoms with Crippen molar-refractivity contribution in [2.75, 3.05) is 18.0 Å². The van der Waals surface area contributed by atoms with E-state index in [1.54, 1.807) is 13.0 Å². The van der Waals surface area contributed by atoms with Crippen molar-refractivity contribution in [2.45, 2.75) is 13.8 Å². The number of likely N-dealkylation sites (N-methyl/N-ethyl adjacent to an activating group) is 1. The van der Waals surface area contributed by atoms with Crippen LogP contribution in [-0.4, -0.2) is 24.2 Å². The first-order chi connectivity index (χ1) is 9.63. The van der Waals surface area contributed by atoms with Gasteiger partial charge in [0.1, 0.15) is 0 Å². The second-order valence-electron chi connectivity index (χ2n) is 4.73.